The van der Waals surface area contributed by atoms with E-state index in [4.69, 9.17) is 6.42 Å². The minimum Gasteiger partial charge on any atom is -0.207 e. The highest BCUT2D eigenvalue weighted by molar-refractivity contribution is 7.89. The van der Waals surface area contributed by atoms with Gasteiger partial charge in [0.25, 0.3) is 0 Å². The highest BCUT2D eigenvalue weighted by Gasteiger charge is 2.27. The molecule has 0 bridgehead atoms. The fourth-order valence-corrected chi connectivity index (χ4v) is 4.54. The summed E-state index contributed by atoms with van der Waals surface area (Å²) in [5, 5.41) is 0. The molecular formula is C13H16N2O4S2. The monoisotopic (exact) mass is 328 g/mol. The smallest absolute Gasteiger partial charge is 0.207 e. The molecule has 21 heavy (non-hydrogen) atoms. The maximum Gasteiger partial charge on any atom is 0.243 e. The summed E-state index contributed by atoms with van der Waals surface area (Å²) in [5.74, 6) is 2.17. The first-order valence-electron chi connectivity index (χ1n) is 6.41. The number of sulfonamides is 2. The van der Waals surface area contributed by atoms with E-state index < -0.39 is 20.0 Å². The van der Waals surface area contributed by atoms with Crippen LogP contribution in [-0.2, 0) is 20.0 Å². The Bertz CT molecular complexity index is 740. The van der Waals surface area contributed by atoms with E-state index in [0.717, 1.165) is 12.8 Å². The largest absolute Gasteiger partial charge is 0.243 e. The topological polar surface area (TPSA) is 83.5 Å². The van der Waals surface area contributed by atoms with Crippen molar-refractivity contribution in [1.29, 1.82) is 0 Å². The Morgan fingerprint density at radius 3 is 2.10 bits per heavy atom. The van der Waals surface area contributed by atoms with Crippen molar-refractivity contribution in [2.75, 3.05) is 19.6 Å². The van der Waals surface area contributed by atoms with Crippen LogP contribution in [0.1, 0.15) is 12.8 Å². The van der Waals surface area contributed by atoms with Crippen LogP contribution in [0.15, 0.2) is 34.1 Å². The van der Waals surface area contributed by atoms with E-state index in [-0.39, 0.29) is 16.3 Å². The predicted octanol–water partition coefficient (Wildman–Crippen LogP) is 0.383. The SMILES string of the molecule is C#CCNS(=O)(=O)c1ccc(S(=O)(=O)N2CCCC2)cc1. The summed E-state index contributed by atoms with van der Waals surface area (Å²) < 4.78 is 51.9. The summed E-state index contributed by atoms with van der Waals surface area (Å²) >= 11 is 0. The Kier molecular flexibility index (Phi) is 4.68. The van der Waals surface area contributed by atoms with Crippen molar-refractivity contribution in [1.82, 2.24) is 9.03 Å². The van der Waals surface area contributed by atoms with Gasteiger partial charge >= 0.3 is 0 Å². The molecule has 1 aliphatic rings. The molecule has 0 atom stereocenters. The summed E-state index contributed by atoms with van der Waals surface area (Å²) in [6, 6.07) is 5.14. The van der Waals surface area contributed by atoms with Crippen molar-refractivity contribution >= 4 is 20.0 Å². The first-order chi connectivity index (χ1) is 9.88. The Labute approximate surface area is 125 Å². The quantitative estimate of drug-likeness (QED) is 0.792. The number of hydrogen-bond donors (Lipinski definition) is 1. The summed E-state index contributed by atoms with van der Waals surface area (Å²) in [6.07, 6.45) is 6.70. The number of nitrogens with zero attached hydrogens (tertiary/aromatic N) is 1. The zero-order valence-corrected chi connectivity index (χ0v) is 13.0. The lowest BCUT2D eigenvalue weighted by molar-refractivity contribution is 0.477. The van der Waals surface area contributed by atoms with Gasteiger partial charge in [-0.2, -0.15) is 9.03 Å². The van der Waals surface area contributed by atoms with Crippen LogP contribution in [-0.4, -0.2) is 40.8 Å². The molecule has 1 N–H and O–H groups in total. The van der Waals surface area contributed by atoms with Crippen LogP contribution in [0.3, 0.4) is 0 Å². The molecule has 8 heteroatoms. The standard InChI is InChI=1S/C13H16N2O4S2/c1-2-9-14-20(16,17)12-5-7-13(8-6-12)21(18,19)15-10-3-4-11-15/h1,5-8,14H,3-4,9-11H2. The van der Waals surface area contributed by atoms with E-state index in [0.29, 0.717) is 13.1 Å². The highest BCUT2D eigenvalue weighted by atomic mass is 32.2. The lowest BCUT2D eigenvalue weighted by Crippen LogP contribution is -2.28. The van der Waals surface area contributed by atoms with Crippen LogP contribution in [0.2, 0.25) is 0 Å². The molecule has 1 aromatic rings. The second-order valence-electron chi connectivity index (χ2n) is 4.61. The van der Waals surface area contributed by atoms with Crippen LogP contribution >= 0.6 is 0 Å². The number of nitrogens with one attached hydrogen (secondary N) is 1. The number of hydrogen-bond acceptors (Lipinski definition) is 4. The summed E-state index contributed by atoms with van der Waals surface area (Å²) in [4.78, 5) is 0.0819. The molecule has 2 rings (SSSR count). The molecule has 0 saturated carbocycles. The van der Waals surface area contributed by atoms with Crippen LogP contribution in [0, 0.1) is 12.3 Å². The Hall–Kier alpha value is -1.40. The molecule has 114 valence electrons. The van der Waals surface area contributed by atoms with Gasteiger partial charge in [-0.25, -0.2) is 16.8 Å². The third-order valence-electron chi connectivity index (χ3n) is 3.20. The van der Waals surface area contributed by atoms with Crippen molar-refractivity contribution in [3.8, 4) is 12.3 Å². The van der Waals surface area contributed by atoms with Crippen LogP contribution in [0.4, 0.5) is 0 Å². The van der Waals surface area contributed by atoms with Gasteiger partial charge in [-0.15, -0.1) is 6.42 Å². The average Bonchev–Trinajstić information content (AvgIpc) is 3.00. The minimum atomic E-state index is -3.70. The van der Waals surface area contributed by atoms with Gasteiger partial charge in [0.2, 0.25) is 20.0 Å². The van der Waals surface area contributed by atoms with Gasteiger partial charge in [0, 0.05) is 13.1 Å². The van der Waals surface area contributed by atoms with Crippen molar-refractivity contribution in [2.45, 2.75) is 22.6 Å². The molecule has 0 aliphatic carbocycles. The Morgan fingerprint density at radius 1 is 1.05 bits per heavy atom. The van der Waals surface area contributed by atoms with Gasteiger partial charge in [0.05, 0.1) is 16.3 Å². The molecular weight excluding hydrogens is 312 g/mol. The van der Waals surface area contributed by atoms with Gasteiger partial charge in [0.1, 0.15) is 0 Å². The number of terminal acetylenes is 1. The first kappa shape index (κ1) is 16.0. The molecule has 1 saturated heterocycles. The van der Waals surface area contributed by atoms with E-state index in [2.05, 4.69) is 10.6 Å². The van der Waals surface area contributed by atoms with E-state index in [1.807, 2.05) is 0 Å². The zero-order valence-electron chi connectivity index (χ0n) is 11.3. The highest BCUT2D eigenvalue weighted by Crippen LogP contribution is 2.22. The Morgan fingerprint density at radius 2 is 1.57 bits per heavy atom. The summed E-state index contributed by atoms with van der Waals surface area (Å²) in [6.45, 7) is 0.897. The maximum absolute atomic E-state index is 12.3. The van der Waals surface area contributed by atoms with Crippen molar-refractivity contribution in [3.05, 3.63) is 24.3 Å². The summed E-state index contributed by atoms with van der Waals surface area (Å²) in [7, 11) is -7.24. The van der Waals surface area contributed by atoms with Crippen molar-refractivity contribution < 1.29 is 16.8 Å². The third kappa shape index (κ3) is 3.44. The van der Waals surface area contributed by atoms with Crippen LogP contribution in [0.25, 0.3) is 0 Å². The molecule has 0 aromatic heterocycles. The van der Waals surface area contributed by atoms with E-state index >= 15 is 0 Å². The van der Waals surface area contributed by atoms with Gasteiger partial charge < -0.3 is 0 Å². The van der Waals surface area contributed by atoms with E-state index in [9.17, 15) is 16.8 Å². The molecule has 1 heterocycles. The molecule has 0 radical (unpaired) electrons. The van der Waals surface area contributed by atoms with Crippen LogP contribution in [0.5, 0.6) is 0 Å². The van der Waals surface area contributed by atoms with Gasteiger partial charge in [-0.3, -0.25) is 0 Å². The lowest BCUT2D eigenvalue weighted by atomic mass is 10.4. The first-order valence-corrected chi connectivity index (χ1v) is 9.33. The fraction of sp³-hybridized carbons (Fsp3) is 0.385. The van der Waals surface area contributed by atoms with Gasteiger partial charge in [-0.1, -0.05) is 5.92 Å². The third-order valence-corrected chi connectivity index (χ3v) is 6.53. The second-order valence-corrected chi connectivity index (χ2v) is 8.32. The normalized spacial score (nSPS) is 16.7. The molecule has 1 aromatic carbocycles. The fourth-order valence-electron chi connectivity index (χ4n) is 2.09. The van der Waals surface area contributed by atoms with Gasteiger partial charge in [0.15, 0.2) is 0 Å². The van der Waals surface area contributed by atoms with Crippen LogP contribution < -0.4 is 4.72 Å². The van der Waals surface area contributed by atoms with Gasteiger partial charge in [-0.05, 0) is 37.1 Å². The Balaban J connectivity index is 2.25. The number of benzene rings is 1. The molecule has 1 fully saturated rings. The second kappa shape index (κ2) is 6.15. The maximum atomic E-state index is 12.3. The van der Waals surface area contributed by atoms with E-state index in [1.54, 1.807) is 0 Å². The summed E-state index contributed by atoms with van der Waals surface area (Å²) in [5.41, 5.74) is 0. The molecule has 0 amide bonds. The average molecular weight is 328 g/mol. The van der Waals surface area contributed by atoms with Crippen molar-refractivity contribution in [2.24, 2.45) is 0 Å². The molecule has 0 unspecified atom stereocenters. The lowest BCUT2D eigenvalue weighted by Gasteiger charge is -2.15. The number of rotatable bonds is 5. The molecule has 1 aliphatic heterocycles. The molecule has 0 spiro atoms. The van der Waals surface area contributed by atoms with E-state index in [1.165, 1.54) is 28.6 Å². The minimum absolute atomic E-state index is 0.0156. The predicted molar refractivity (Wildman–Crippen MR) is 78.5 cm³/mol. The zero-order chi connectivity index (χ0) is 15.5. The molecule has 6 nitrogen and oxygen atoms in total. The van der Waals surface area contributed by atoms with Crippen molar-refractivity contribution in [3.63, 3.8) is 0 Å².